The van der Waals surface area contributed by atoms with Crippen LogP contribution >= 0.6 is 0 Å². The Morgan fingerprint density at radius 2 is 1.84 bits per heavy atom. The summed E-state index contributed by atoms with van der Waals surface area (Å²) in [5, 5.41) is 0. The second-order valence-corrected chi connectivity index (χ2v) is 5.64. The second kappa shape index (κ2) is 6.23. The Bertz CT molecular complexity index is 443. The normalized spacial score (nSPS) is 23.1. The third kappa shape index (κ3) is 3.37. The van der Waals surface area contributed by atoms with E-state index in [-0.39, 0.29) is 11.9 Å². The summed E-state index contributed by atoms with van der Waals surface area (Å²) >= 11 is 0. The van der Waals surface area contributed by atoms with E-state index in [2.05, 4.69) is 32.0 Å². The van der Waals surface area contributed by atoms with Gasteiger partial charge in [0, 0.05) is 0 Å². The van der Waals surface area contributed by atoms with Crippen LogP contribution in [0.5, 0.6) is 0 Å². The molecule has 0 aromatic heterocycles. The van der Waals surface area contributed by atoms with Gasteiger partial charge in [-0.1, -0.05) is 18.2 Å². The number of esters is 1. The van der Waals surface area contributed by atoms with Gasteiger partial charge in [-0.25, -0.2) is 0 Å². The minimum absolute atomic E-state index is 0.000960. The maximum atomic E-state index is 11.7. The summed E-state index contributed by atoms with van der Waals surface area (Å²) in [5.74, 6) is 0.744. The van der Waals surface area contributed by atoms with Gasteiger partial charge in [-0.15, -0.1) is 0 Å². The fourth-order valence-corrected chi connectivity index (χ4v) is 2.94. The van der Waals surface area contributed by atoms with Crippen molar-refractivity contribution < 1.29 is 9.53 Å². The van der Waals surface area contributed by atoms with Gasteiger partial charge in [0.15, 0.2) is 0 Å². The van der Waals surface area contributed by atoms with Crippen LogP contribution in [0.3, 0.4) is 0 Å². The van der Waals surface area contributed by atoms with Crippen LogP contribution in [0.1, 0.15) is 55.2 Å². The number of hydrogen-bond donors (Lipinski definition) is 0. The van der Waals surface area contributed by atoms with E-state index in [4.69, 9.17) is 4.74 Å². The summed E-state index contributed by atoms with van der Waals surface area (Å²) in [7, 11) is 0. The molecule has 1 saturated carbocycles. The third-order valence-corrected chi connectivity index (χ3v) is 4.35. The van der Waals surface area contributed by atoms with Crippen molar-refractivity contribution in [3.63, 3.8) is 0 Å². The van der Waals surface area contributed by atoms with Gasteiger partial charge < -0.3 is 4.74 Å². The number of rotatable bonds is 3. The number of carbonyl (C=O) groups is 1. The lowest BCUT2D eigenvalue weighted by Gasteiger charge is -2.27. The number of benzene rings is 1. The first kappa shape index (κ1) is 14.1. The minimum Gasteiger partial charge on any atom is -0.466 e. The smallest absolute Gasteiger partial charge is 0.308 e. The lowest BCUT2D eigenvalue weighted by molar-refractivity contribution is -0.149. The molecule has 0 saturated heterocycles. The van der Waals surface area contributed by atoms with Crippen LogP contribution in [0.25, 0.3) is 0 Å². The highest BCUT2D eigenvalue weighted by atomic mass is 16.5. The molecule has 0 heterocycles. The van der Waals surface area contributed by atoms with Crippen LogP contribution in [-0.2, 0) is 9.53 Å². The van der Waals surface area contributed by atoms with Crippen molar-refractivity contribution in [1.29, 1.82) is 0 Å². The van der Waals surface area contributed by atoms with Crippen molar-refractivity contribution in [2.75, 3.05) is 6.61 Å². The summed E-state index contributed by atoms with van der Waals surface area (Å²) in [6.45, 7) is 6.69. The maximum Gasteiger partial charge on any atom is 0.308 e. The van der Waals surface area contributed by atoms with E-state index in [0.29, 0.717) is 12.5 Å². The predicted octanol–water partition coefficient (Wildman–Crippen LogP) is 4.14. The first-order valence-electron chi connectivity index (χ1n) is 7.35. The molecule has 0 radical (unpaired) electrons. The molecule has 0 aliphatic heterocycles. The van der Waals surface area contributed by atoms with Gasteiger partial charge in [0.25, 0.3) is 0 Å². The molecule has 1 aliphatic rings. The summed E-state index contributed by atoms with van der Waals surface area (Å²) in [5.41, 5.74) is 4.15. The lowest BCUT2D eigenvalue weighted by atomic mass is 9.78. The van der Waals surface area contributed by atoms with Gasteiger partial charge >= 0.3 is 5.97 Å². The molecule has 0 atom stereocenters. The Labute approximate surface area is 116 Å². The van der Waals surface area contributed by atoms with Crippen molar-refractivity contribution in [3.05, 3.63) is 34.9 Å². The molecular formula is C17H24O2. The van der Waals surface area contributed by atoms with Gasteiger partial charge in [-0.3, -0.25) is 4.79 Å². The van der Waals surface area contributed by atoms with E-state index >= 15 is 0 Å². The fourth-order valence-electron chi connectivity index (χ4n) is 2.94. The molecule has 0 spiro atoms. The van der Waals surface area contributed by atoms with E-state index < -0.39 is 0 Å². The molecule has 19 heavy (non-hydrogen) atoms. The highest BCUT2D eigenvalue weighted by Gasteiger charge is 2.27. The van der Waals surface area contributed by atoms with Gasteiger partial charge in [0.2, 0.25) is 0 Å². The zero-order valence-electron chi connectivity index (χ0n) is 12.2. The number of carbonyl (C=O) groups excluding carboxylic acids is 1. The van der Waals surface area contributed by atoms with Crippen LogP contribution in [-0.4, -0.2) is 12.6 Å². The molecular weight excluding hydrogens is 236 g/mol. The summed E-state index contributed by atoms with van der Waals surface area (Å²) < 4.78 is 5.12. The van der Waals surface area contributed by atoms with Gasteiger partial charge in [0.1, 0.15) is 0 Å². The number of aryl methyl sites for hydroxylation is 2. The van der Waals surface area contributed by atoms with Crippen molar-refractivity contribution in [1.82, 2.24) is 0 Å². The summed E-state index contributed by atoms with van der Waals surface area (Å²) in [6.07, 6.45) is 4.14. The fraction of sp³-hybridized carbons (Fsp3) is 0.588. The maximum absolute atomic E-state index is 11.7. The third-order valence-electron chi connectivity index (χ3n) is 4.35. The zero-order chi connectivity index (χ0) is 13.8. The van der Waals surface area contributed by atoms with Crippen LogP contribution in [0.4, 0.5) is 0 Å². The monoisotopic (exact) mass is 260 g/mol. The molecule has 1 aromatic rings. The molecule has 1 aliphatic carbocycles. The van der Waals surface area contributed by atoms with E-state index in [1.165, 1.54) is 16.7 Å². The Kier molecular flexibility index (Phi) is 4.62. The van der Waals surface area contributed by atoms with E-state index in [1.54, 1.807) is 0 Å². The van der Waals surface area contributed by atoms with Crippen LogP contribution in [0, 0.1) is 19.8 Å². The molecule has 0 bridgehead atoms. The predicted molar refractivity (Wildman–Crippen MR) is 77.2 cm³/mol. The minimum atomic E-state index is 0.000960. The zero-order valence-corrected chi connectivity index (χ0v) is 12.2. The molecule has 0 unspecified atom stereocenters. The van der Waals surface area contributed by atoms with Crippen molar-refractivity contribution >= 4 is 5.97 Å². The molecule has 1 aromatic carbocycles. The molecule has 0 amide bonds. The van der Waals surface area contributed by atoms with Crippen molar-refractivity contribution in [2.45, 2.75) is 52.4 Å². The first-order chi connectivity index (χ1) is 9.11. The Hall–Kier alpha value is -1.31. The molecule has 2 nitrogen and oxygen atoms in total. The molecule has 104 valence electrons. The lowest BCUT2D eigenvalue weighted by Crippen LogP contribution is -2.23. The summed E-state index contributed by atoms with van der Waals surface area (Å²) in [4.78, 5) is 11.7. The van der Waals surface area contributed by atoms with E-state index in [1.807, 2.05) is 6.92 Å². The number of hydrogen-bond acceptors (Lipinski definition) is 2. The molecule has 0 N–H and O–H groups in total. The first-order valence-corrected chi connectivity index (χ1v) is 7.35. The standard InChI is InChI=1S/C17H24O2/c1-4-19-17(18)15-9-7-14(8-10-15)16-6-5-12(2)13(3)11-16/h5-6,11,14-15H,4,7-10H2,1-3H3. The van der Waals surface area contributed by atoms with E-state index in [0.717, 1.165) is 25.7 Å². The average molecular weight is 260 g/mol. The van der Waals surface area contributed by atoms with Crippen molar-refractivity contribution in [3.8, 4) is 0 Å². The van der Waals surface area contributed by atoms with Crippen LogP contribution < -0.4 is 0 Å². The Morgan fingerprint density at radius 1 is 1.16 bits per heavy atom. The second-order valence-electron chi connectivity index (χ2n) is 5.64. The number of ether oxygens (including phenoxy) is 1. The SMILES string of the molecule is CCOC(=O)C1CCC(c2ccc(C)c(C)c2)CC1. The quantitative estimate of drug-likeness (QED) is 0.763. The highest BCUT2D eigenvalue weighted by molar-refractivity contribution is 5.72. The van der Waals surface area contributed by atoms with Gasteiger partial charge in [-0.2, -0.15) is 0 Å². The van der Waals surface area contributed by atoms with Gasteiger partial charge in [0.05, 0.1) is 12.5 Å². The van der Waals surface area contributed by atoms with Crippen LogP contribution in [0.15, 0.2) is 18.2 Å². The largest absolute Gasteiger partial charge is 0.466 e. The van der Waals surface area contributed by atoms with E-state index in [9.17, 15) is 4.79 Å². The topological polar surface area (TPSA) is 26.3 Å². The Balaban J connectivity index is 1.96. The molecule has 2 heteroatoms. The van der Waals surface area contributed by atoms with Gasteiger partial charge in [-0.05, 0) is 69.1 Å². The van der Waals surface area contributed by atoms with Crippen LogP contribution in [0.2, 0.25) is 0 Å². The molecule has 2 rings (SSSR count). The summed E-state index contributed by atoms with van der Waals surface area (Å²) in [6, 6.07) is 6.77. The van der Waals surface area contributed by atoms with Crippen molar-refractivity contribution in [2.24, 2.45) is 5.92 Å². The Morgan fingerprint density at radius 3 is 2.42 bits per heavy atom. The highest BCUT2D eigenvalue weighted by Crippen LogP contribution is 2.36. The average Bonchev–Trinajstić information content (AvgIpc) is 2.42. The molecule has 1 fully saturated rings.